The van der Waals surface area contributed by atoms with Crippen LogP contribution in [0.4, 0.5) is 0 Å². The molecule has 0 radical (unpaired) electrons. The Labute approximate surface area is 75.2 Å². The van der Waals surface area contributed by atoms with Crippen molar-refractivity contribution in [3.05, 3.63) is 0 Å². The molecule has 0 bridgehead atoms. The first-order valence-electron chi connectivity index (χ1n) is 4.63. The molecule has 12 heavy (non-hydrogen) atoms. The van der Waals surface area contributed by atoms with E-state index >= 15 is 0 Å². The first-order valence-corrected chi connectivity index (χ1v) is 4.63. The SMILES string of the molecule is CCC1(C)OC(C)(C)OC1(C)C. The van der Waals surface area contributed by atoms with Gasteiger partial charge in [-0.1, -0.05) is 6.92 Å². The molecule has 2 heteroatoms. The fourth-order valence-electron chi connectivity index (χ4n) is 1.91. The van der Waals surface area contributed by atoms with E-state index in [0.29, 0.717) is 0 Å². The Hall–Kier alpha value is -0.0800. The smallest absolute Gasteiger partial charge is 0.164 e. The van der Waals surface area contributed by atoms with Gasteiger partial charge in [0.15, 0.2) is 5.79 Å². The van der Waals surface area contributed by atoms with Crippen LogP contribution in [0.1, 0.15) is 48.0 Å². The number of rotatable bonds is 1. The van der Waals surface area contributed by atoms with Crippen molar-refractivity contribution in [2.45, 2.75) is 65.0 Å². The molecular weight excluding hydrogens is 152 g/mol. The summed E-state index contributed by atoms with van der Waals surface area (Å²) in [6.07, 6.45) is 0.976. The van der Waals surface area contributed by atoms with E-state index in [1.165, 1.54) is 0 Å². The van der Waals surface area contributed by atoms with Gasteiger partial charge in [0.05, 0.1) is 11.2 Å². The molecule has 1 atom stereocenters. The van der Waals surface area contributed by atoms with Crippen LogP contribution >= 0.6 is 0 Å². The standard InChI is InChI=1S/C10H20O2/c1-7-10(6)8(2,3)11-9(4,5)12-10/h7H2,1-6H3. The van der Waals surface area contributed by atoms with Crippen LogP contribution < -0.4 is 0 Å². The largest absolute Gasteiger partial charge is 0.342 e. The Kier molecular flexibility index (Phi) is 2.05. The highest BCUT2D eigenvalue weighted by Gasteiger charge is 2.54. The Bertz CT molecular complexity index is 184. The summed E-state index contributed by atoms with van der Waals surface area (Å²) < 4.78 is 11.7. The molecule has 1 unspecified atom stereocenters. The number of hydrogen-bond donors (Lipinski definition) is 0. The first kappa shape index (κ1) is 10.0. The molecule has 0 aliphatic carbocycles. The van der Waals surface area contributed by atoms with E-state index in [1.807, 2.05) is 13.8 Å². The second kappa shape index (κ2) is 2.46. The zero-order valence-electron chi connectivity index (χ0n) is 9.02. The lowest BCUT2D eigenvalue weighted by Gasteiger charge is -2.33. The zero-order valence-corrected chi connectivity index (χ0v) is 9.02. The van der Waals surface area contributed by atoms with Crippen molar-refractivity contribution in [3.8, 4) is 0 Å². The van der Waals surface area contributed by atoms with Gasteiger partial charge in [0.25, 0.3) is 0 Å². The van der Waals surface area contributed by atoms with Gasteiger partial charge in [0.1, 0.15) is 0 Å². The number of ether oxygens (including phenoxy) is 2. The second-order valence-electron chi connectivity index (χ2n) is 4.70. The predicted molar refractivity (Wildman–Crippen MR) is 49.0 cm³/mol. The van der Waals surface area contributed by atoms with Gasteiger partial charge in [-0.2, -0.15) is 0 Å². The van der Waals surface area contributed by atoms with E-state index in [9.17, 15) is 0 Å². The maximum Gasteiger partial charge on any atom is 0.164 e. The molecule has 0 aromatic rings. The molecule has 72 valence electrons. The summed E-state index contributed by atoms with van der Waals surface area (Å²) in [6, 6.07) is 0. The van der Waals surface area contributed by atoms with Gasteiger partial charge >= 0.3 is 0 Å². The predicted octanol–water partition coefficient (Wildman–Crippen LogP) is 2.72. The third-order valence-corrected chi connectivity index (χ3v) is 2.92. The van der Waals surface area contributed by atoms with Crippen LogP contribution in [0.15, 0.2) is 0 Å². The Morgan fingerprint density at radius 3 is 1.58 bits per heavy atom. The van der Waals surface area contributed by atoms with Crippen molar-refractivity contribution in [1.82, 2.24) is 0 Å². The Morgan fingerprint density at radius 2 is 1.42 bits per heavy atom. The second-order valence-corrected chi connectivity index (χ2v) is 4.70. The van der Waals surface area contributed by atoms with E-state index in [-0.39, 0.29) is 11.2 Å². The van der Waals surface area contributed by atoms with Crippen molar-refractivity contribution < 1.29 is 9.47 Å². The summed E-state index contributed by atoms with van der Waals surface area (Å²) in [6.45, 7) is 12.4. The van der Waals surface area contributed by atoms with Crippen molar-refractivity contribution in [1.29, 1.82) is 0 Å². The average molecular weight is 172 g/mol. The molecular formula is C10H20O2. The third-order valence-electron chi connectivity index (χ3n) is 2.92. The summed E-state index contributed by atoms with van der Waals surface area (Å²) in [5, 5.41) is 0. The van der Waals surface area contributed by atoms with Crippen LogP contribution in [0.2, 0.25) is 0 Å². The van der Waals surface area contributed by atoms with Gasteiger partial charge in [-0.05, 0) is 41.0 Å². The van der Waals surface area contributed by atoms with Crippen molar-refractivity contribution in [2.24, 2.45) is 0 Å². The number of hydrogen-bond acceptors (Lipinski definition) is 2. The van der Waals surface area contributed by atoms with Crippen molar-refractivity contribution in [3.63, 3.8) is 0 Å². The minimum Gasteiger partial charge on any atom is -0.342 e. The summed E-state index contributed by atoms with van der Waals surface area (Å²) >= 11 is 0. The maximum absolute atomic E-state index is 5.88. The molecule has 1 aliphatic rings. The summed E-state index contributed by atoms with van der Waals surface area (Å²) in [5.41, 5.74) is -0.345. The molecule has 1 rings (SSSR count). The van der Waals surface area contributed by atoms with Crippen LogP contribution in [0.3, 0.4) is 0 Å². The molecule has 0 spiro atoms. The zero-order chi connectivity index (χ0) is 9.62. The van der Waals surface area contributed by atoms with Crippen molar-refractivity contribution in [2.75, 3.05) is 0 Å². The van der Waals surface area contributed by atoms with E-state index in [4.69, 9.17) is 9.47 Å². The average Bonchev–Trinajstić information content (AvgIpc) is 1.98. The fraction of sp³-hybridized carbons (Fsp3) is 1.00. The van der Waals surface area contributed by atoms with Crippen LogP contribution in [0.5, 0.6) is 0 Å². The quantitative estimate of drug-likeness (QED) is 0.605. The fourth-order valence-corrected chi connectivity index (χ4v) is 1.91. The Morgan fingerprint density at radius 1 is 0.917 bits per heavy atom. The third kappa shape index (κ3) is 1.38. The van der Waals surface area contributed by atoms with E-state index < -0.39 is 5.79 Å². The maximum atomic E-state index is 5.88. The van der Waals surface area contributed by atoms with Crippen LogP contribution in [-0.2, 0) is 9.47 Å². The molecule has 2 nitrogen and oxygen atoms in total. The summed E-state index contributed by atoms with van der Waals surface area (Å²) in [7, 11) is 0. The van der Waals surface area contributed by atoms with Gasteiger partial charge in [-0.25, -0.2) is 0 Å². The molecule has 0 amide bonds. The lowest BCUT2D eigenvalue weighted by atomic mass is 9.86. The molecule has 0 aromatic heterocycles. The molecule has 1 saturated heterocycles. The highest BCUT2D eigenvalue weighted by Crippen LogP contribution is 2.45. The van der Waals surface area contributed by atoms with E-state index in [2.05, 4.69) is 27.7 Å². The highest BCUT2D eigenvalue weighted by atomic mass is 16.8. The monoisotopic (exact) mass is 172 g/mol. The molecule has 1 fully saturated rings. The van der Waals surface area contributed by atoms with E-state index in [0.717, 1.165) is 6.42 Å². The van der Waals surface area contributed by atoms with Crippen molar-refractivity contribution >= 4 is 0 Å². The minimum absolute atomic E-state index is 0.156. The summed E-state index contributed by atoms with van der Waals surface area (Å²) in [5.74, 6) is -0.436. The molecule has 0 saturated carbocycles. The van der Waals surface area contributed by atoms with Gasteiger partial charge in [-0.15, -0.1) is 0 Å². The van der Waals surface area contributed by atoms with Gasteiger partial charge in [0.2, 0.25) is 0 Å². The van der Waals surface area contributed by atoms with Gasteiger partial charge in [-0.3, -0.25) is 0 Å². The van der Waals surface area contributed by atoms with Crippen LogP contribution in [0, 0.1) is 0 Å². The normalized spacial score (nSPS) is 38.5. The van der Waals surface area contributed by atoms with Crippen LogP contribution in [-0.4, -0.2) is 17.0 Å². The molecule has 1 heterocycles. The van der Waals surface area contributed by atoms with Crippen LogP contribution in [0.25, 0.3) is 0 Å². The van der Waals surface area contributed by atoms with E-state index in [1.54, 1.807) is 0 Å². The lowest BCUT2D eigenvalue weighted by molar-refractivity contribution is -0.165. The van der Waals surface area contributed by atoms with Gasteiger partial charge in [0, 0.05) is 0 Å². The molecule has 1 aliphatic heterocycles. The minimum atomic E-state index is -0.436. The topological polar surface area (TPSA) is 18.5 Å². The highest BCUT2D eigenvalue weighted by molar-refractivity contribution is 4.98. The summed E-state index contributed by atoms with van der Waals surface area (Å²) in [4.78, 5) is 0. The lowest BCUT2D eigenvalue weighted by Crippen LogP contribution is -2.44. The van der Waals surface area contributed by atoms with Gasteiger partial charge < -0.3 is 9.47 Å². The Balaban J connectivity index is 2.92. The molecule has 0 N–H and O–H groups in total. The first-order chi connectivity index (χ1) is 5.22. The molecule has 0 aromatic carbocycles.